The fourth-order valence-corrected chi connectivity index (χ4v) is 3.48. The number of nitrogens with zero attached hydrogens (tertiary/aromatic N) is 2. The molecule has 10 heteroatoms. The second-order valence-corrected chi connectivity index (χ2v) is 7.03. The summed E-state index contributed by atoms with van der Waals surface area (Å²) in [5.41, 5.74) is 2.31. The summed E-state index contributed by atoms with van der Waals surface area (Å²) in [4.78, 5) is 44.3. The van der Waals surface area contributed by atoms with Crippen LogP contribution in [-0.4, -0.2) is 33.4 Å². The van der Waals surface area contributed by atoms with Crippen molar-refractivity contribution in [1.82, 2.24) is 5.32 Å². The minimum absolute atomic E-state index is 0.0725. The predicted octanol–water partition coefficient (Wildman–Crippen LogP) is 3.68. The summed E-state index contributed by atoms with van der Waals surface area (Å²) >= 11 is 0. The van der Waals surface area contributed by atoms with Crippen molar-refractivity contribution in [2.45, 2.75) is 25.7 Å². The highest BCUT2D eigenvalue weighted by Crippen LogP contribution is 2.46. The largest absolute Gasteiger partial charge is 0.481 e. The van der Waals surface area contributed by atoms with E-state index >= 15 is 0 Å². The average Bonchev–Trinajstić information content (AvgIpc) is 3.02. The van der Waals surface area contributed by atoms with Crippen molar-refractivity contribution in [1.29, 1.82) is 0 Å². The number of nitro groups is 2. The fourth-order valence-electron chi connectivity index (χ4n) is 3.48. The van der Waals surface area contributed by atoms with Crippen molar-refractivity contribution in [2.75, 3.05) is 6.54 Å². The third-order valence-electron chi connectivity index (χ3n) is 4.94. The van der Waals surface area contributed by atoms with E-state index in [2.05, 4.69) is 5.32 Å². The molecule has 0 aliphatic heterocycles. The Kier molecular flexibility index (Phi) is 6.39. The summed E-state index contributed by atoms with van der Waals surface area (Å²) in [5, 5.41) is 33.7. The smallest absolute Gasteiger partial charge is 0.303 e. The summed E-state index contributed by atoms with van der Waals surface area (Å²) in [6, 6.07) is 8.55. The van der Waals surface area contributed by atoms with Crippen molar-refractivity contribution >= 4 is 28.8 Å². The van der Waals surface area contributed by atoms with Gasteiger partial charge in [0.25, 0.3) is 11.4 Å². The number of hydrogen-bond donors (Lipinski definition) is 2. The second kappa shape index (κ2) is 9.16. The van der Waals surface area contributed by atoms with Gasteiger partial charge in [0.1, 0.15) is 0 Å². The predicted molar refractivity (Wildman–Crippen MR) is 111 cm³/mol. The minimum atomic E-state index is -0.865. The van der Waals surface area contributed by atoms with E-state index in [4.69, 9.17) is 5.11 Å². The van der Waals surface area contributed by atoms with E-state index < -0.39 is 21.7 Å². The normalized spacial score (nSPS) is 11.4. The number of carboxylic acids is 1. The van der Waals surface area contributed by atoms with Crippen LogP contribution in [0.5, 0.6) is 0 Å². The monoisotopic (exact) mass is 425 g/mol. The first-order valence-electron chi connectivity index (χ1n) is 9.57. The van der Waals surface area contributed by atoms with E-state index in [1.165, 1.54) is 30.3 Å². The summed E-state index contributed by atoms with van der Waals surface area (Å²) in [7, 11) is 0. The number of fused-ring (bicyclic) bond motifs is 3. The molecule has 0 heterocycles. The molecule has 0 radical (unpaired) electrons. The van der Waals surface area contributed by atoms with Crippen LogP contribution in [0.1, 0.15) is 36.8 Å². The van der Waals surface area contributed by atoms with Gasteiger partial charge in [0.15, 0.2) is 0 Å². The Morgan fingerprint density at radius 2 is 1.42 bits per heavy atom. The van der Waals surface area contributed by atoms with E-state index in [1.807, 2.05) is 0 Å². The number of hydrogen-bond acceptors (Lipinski definition) is 6. The van der Waals surface area contributed by atoms with Crippen molar-refractivity contribution in [2.24, 2.45) is 0 Å². The quantitative estimate of drug-likeness (QED) is 0.229. The number of amides is 1. The molecular weight excluding hydrogens is 406 g/mol. The average molecular weight is 425 g/mol. The molecule has 0 unspecified atom stereocenters. The van der Waals surface area contributed by atoms with Crippen LogP contribution in [0, 0.1) is 20.2 Å². The van der Waals surface area contributed by atoms with Gasteiger partial charge in [-0.05, 0) is 52.8 Å². The van der Waals surface area contributed by atoms with Crippen molar-refractivity contribution < 1.29 is 24.5 Å². The van der Waals surface area contributed by atoms with E-state index in [0.717, 1.165) is 0 Å². The van der Waals surface area contributed by atoms with Gasteiger partial charge in [-0.1, -0.05) is 6.42 Å². The molecule has 3 rings (SSSR count). The number of carbonyl (C=O) groups excluding carboxylic acids is 1. The van der Waals surface area contributed by atoms with Gasteiger partial charge in [-0.25, -0.2) is 0 Å². The van der Waals surface area contributed by atoms with Gasteiger partial charge in [0.2, 0.25) is 5.91 Å². The minimum Gasteiger partial charge on any atom is -0.481 e. The maximum absolute atomic E-state index is 12.4. The third-order valence-corrected chi connectivity index (χ3v) is 4.94. The fraction of sp³-hybridized carbons (Fsp3) is 0.238. The van der Waals surface area contributed by atoms with E-state index in [0.29, 0.717) is 53.6 Å². The summed E-state index contributed by atoms with van der Waals surface area (Å²) in [5.74, 6) is -1.31. The molecule has 0 atom stereocenters. The molecule has 31 heavy (non-hydrogen) atoms. The van der Waals surface area contributed by atoms with Gasteiger partial charge < -0.3 is 10.4 Å². The number of non-ortho nitro benzene ring substituents is 2. The van der Waals surface area contributed by atoms with Crippen LogP contribution < -0.4 is 5.32 Å². The first kappa shape index (κ1) is 21.6. The zero-order valence-corrected chi connectivity index (χ0v) is 16.4. The van der Waals surface area contributed by atoms with Crippen LogP contribution in [0.25, 0.3) is 16.7 Å². The number of nitrogens with one attached hydrogen (secondary N) is 1. The van der Waals surface area contributed by atoms with Crippen LogP contribution in [0.4, 0.5) is 11.4 Å². The Morgan fingerprint density at radius 3 is 1.90 bits per heavy atom. The number of nitro benzene ring substituents is 2. The van der Waals surface area contributed by atoms with Gasteiger partial charge in [-0.15, -0.1) is 0 Å². The lowest BCUT2D eigenvalue weighted by Gasteiger charge is -2.05. The highest BCUT2D eigenvalue weighted by atomic mass is 16.6. The highest BCUT2D eigenvalue weighted by molar-refractivity contribution is 6.08. The molecule has 1 aliphatic rings. The van der Waals surface area contributed by atoms with Crippen LogP contribution in [0.15, 0.2) is 42.5 Å². The molecule has 160 valence electrons. The molecule has 0 saturated carbocycles. The number of carbonyl (C=O) groups is 2. The molecular formula is C21H19N3O7. The molecule has 2 aromatic rings. The molecule has 10 nitrogen and oxygen atoms in total. The first-order valence-corrected chi connectivity index (χ1v) is 9.57. The Morgan fingerprint density at radius 1 is 0.871 bits per heavy atom. The van der Waals surface area contributed by atoms with E-state index in [9.17, 15) is 29.8 Å². The van der Waals surface area contributed by atoms with Gasteiger partial charge in [-0.3, -0.25) is 29.8 Å². The SMILES string of the molecule is O=C(O)CCCCCNC(=O)C=C1c2cc([N+](=O)[O-])ccc2-c2ccc([N+](=O)[O-])cc21. The van der Waals surface area contributed by atoms with Crippen molar-refractivity contribution in [3.05, 3.63) is 73.8 Å². The first-order chi connectivity index (χ1) is 14.8. The molecule has 0 fully saturated rings. The Balaban J connectivity index is 1.86. The van der Waals surface area contributed by atoms with Crippen molar-refractivity contribution in [3.63, 3.8) is 0 Å². The van der Waals surface area contributed by atoms with Crippen LogP contribution in [-0.2, 0) is 9.59 Å². The number of aliphatic carboxylic acids is 1. The number of unbranched alkanes of at least 4 members (excludes halogenated alkanes) is 2. The molecule has 2 N–H and O–H groups in total. The summed E-state index contributed by atoms with van der Waals surface area (Å²) in [6.45, 7) is 0.339. The molecule has 0 aromatic heterocycles. The number of benzene rings is 2. The zero-order valence-electron chi connectivity index (χ0n) is 16.4. The Hall–Kier alpha value is -4.08. The molecule has 0 saturated heterocycles. The standard InChI is InChI=1S/C21H19N3O7/c25-20(22-9-3-1-2-4-21(26)27)12-19-17-10-13(23(28)29)5-7-15(17)16-8-6-14(24(30)31)11-18(16)19/h5-8,10-12H,1-4,9H2,(H,22,25)(H,26,27). The summed E-state index contributed by atoms with van der Waals surface area (Å²) < 4.78 is 0. The maximum atomic E-state index is 12.4. The number of carboxylic acid groups (broad SMARTS) is 1. The molecule has 1 amide bonds. The van der Waals surface area contributed by atoms with Crippen LogP contribution in [0.2, 0.25) is 0 Å². The molecule has 0 bridgehead atoms. The van der Waals surface area contributed by atoms with E-state index in [1.54, 1.807) is 12.1 Å². The van der Waals surface area contributed by atoms with E-state index in [-0.39, 0.29) is 17.8 Å². The lowest BCUT2D eigenvalue weighted by molar-refractivity contribution is -0.385. The lowest BCUT2D eigenvalue weighted by atomic mass is 10.0. The summed E-state index contributed by atoms with van der Waals surface area (Å²) in [6.07, 6.45) is 3.12. The van der Waals surface area contributed by atoms with Crippen LogP contribution in [0.3, 0.4) is 0 Å². The zero-order chi connectivity index (χ0) is 22.5. The van der Waals surface area contributed by atoms with Crippen LogP contribution >= 0.6 is 0 Å². The van der Waals surface area contributed by atoms with Gasteiger partial charge in [-0.2, -0.15) is 0 Å². The van der Waals surface area contributed by atoms with Gasteiger partial charge in [0.05, 0.1) is 9.85 Å². The maximum Gasteiger partial charge on any atom is 0.303 e. The van der Waals surface area contributed by atoms with Gasteiger partial charge in [0, 0.05) is 43.3 Å². The molecule has 1 aliphatic carbocycles. The third kappa shape index (κ3) is 4.92. The molecule has 2 aromatic carbocycles. The topological polar surface area (TPSA) is 153 Å². The lowest BCUT2D eigenvalue weighted by Crippen LogP contribution is -2.22. The number of rotatable bonds is 9. The Labute approximate surface area is 176 Å². The second-order valence-electron chi connectivity index (χ2n) is 7.03. The van der Waals surface area contributed by atoms with Crippen molar-refractivity contribution in [3.8, 4) is 11.1 Å². The highest BCUT2D eigenvalue weighted by Gasteiger charge is 2.28. The van der Waals surface area contributed by atoms with Gasteiger partial charge >= 0.3 is 5.97 Å². The Bertz CT molecular complexity index is 1040. The molecule has 0 spiro atoms.